The first kappa shape index (κ1) is 12.9. The van der Waals surface area contributed by atoms with Gasteiger partial charge in [0.25, 0.3) is 0 Å². The number of fused-ring (bicyclic) bond motifs is 3. The highest BCUT2D eigenvalue weighted by atomic mass is 15.4. The number of nitrogens with one attached hydrogen (secondary N) is 1. The second-order valence-electron chi connectivity index (χ2n) is 5.67. The molecule has 1 aliphatic heterocycles. The summed E-state index contributed by atoms with van der Waals surface area (Å²) in [5.41, 5.74) is 11.5. The van der Waals surface area contributed by atoms with Gasteiger partial charge in [0.05, 0.1) is 11.0 Å². The Labute approximate surface area is 128 Å². The number of hydrogen-bond acceptors (Lipinski definition) is 4. The molecular formula is C17H17N5. The van der Waals surface area contributed by atoms with Crippen LogP contribution in [-0.4, -0.2) is 15.5 Å². The smallest absolute Gasteiger partial charge is 0.212 e. The fourth-order valence-corrected chi connectivity index (χ4v) is 2.96. The predicted molar refractivity (Wildman–Crippen MR) is 89.0 cm³/mol. The van der Waals surface area contributed by atoms with Crippen LogP contribution in [0.25, 0.3) is 11.0 Å². The quantitative estimate of drug-likeness (QED) is 0.724. The Kier molecular flexibility index (Phi) is 2.69. The summed E-state index contributed by atoms with van der Waals surface area (Å²) in [6.45, 7) is 4.19. The van der Waals surface area contributed by atoms with E-state index in [1.807, 2.05) is 18.2 Å². The fourth-order valence-electron chi connectivity index (χ4n) is 2.96. The zero-order valence-corrected chi connectivity index (χ0v) is 12.5. The molecule has 22 heavy (non-hydrogen) atoms. The monoisotopic (exact) mass is 291 g/mol. The van der Waals surface area contributed by atoms with Gasteiger partial charge in [-0.2, -0.15) is 0 Å². The van der Waals surface area contributed by atoms with Crippen LogP contribution in [0.15, 0.2) is 47.5 Å². The van der Waals surface area contributed by atoms with Gasteiger partial charge in [-0.15, -0.1) is 0 Å². The SMILES string of the molecule is Cc1ccc(C)c(C2N=C(N)Nc3nc4ccccc4n32)c1. The van der Waals surface area contributed by atoms with Gasteiger partial charge in [0.2, 0.25) is 5.95 Å². The Balaban J connectivity index is 2.00. The Morgan fingerprint density at radius 1 is 1.14 bits per heavy atom. The molecule has 0 radical (unpaired) electrons. The summed E-state index contributed by atoms with van der Waals surface area (Å²) in [5, 5.41) is 3.06. The topological polar surface area (TPSA) is 68.2 Å². The molecule has 0 saturated heterocycles. The molecule has 0 saturated carbocycles. The minimum atomic E-state index is -0.191. The van der Waals surface area contributed by atoms with Crippen molar-refractivity contribution in [1.29, 1.82) is 0 Å². The van der Waals surface area contributed by atoms with Gasteiger partial charge in [0.15, 0.2) is 12.1 Å². The highest BCUT2D eigenvalue weighted by molar-refractivity contribution is 5.94. The van der Waals surface area contributed by atoms with Crippen LogP contribution in [0.4, 0.5) is 5.95 Å². The molecule has 0 fully saturated rings. The average molecular weight is 291 g/mol. The van der Waals surface area contributed by atoms with Crippen LogP contribution in [0.3, 0.4) is 0 Å². The van der Waals surface area contributed by atoms with Crippen LogP contribution in [0, 0.1) is 13.8 Å². The molecule has 1 aliphatic rings. The molecule has 0 amide bonds. The van der Waals surface area contributed by atoms with Crippen molar-refractivity contribution in [2.24, 2.45) is 10.7 Å². The highest BCUT2D eigenvalue weighted by Crippen LogP contribution is 2.33. The molecule has 1 aromatic heterocycles. The number of para-hydroxylation sites is 2. The van der Waals surface area contributed by atoms with E-state index in [2.05, 4.69) is 58.0 Å². The summed E-state index contributed by atoms with van der Waals surface area (Å²) in [6, 6.07) is 14.5. The maximum Gasteiger partial charge on any atom is 0.212 e. The predicted octanol–water partition coefficient (Wildman–Crippen LogP) is 2.94. The minimum absolute atomic E-state index is 0.191. The molecule has 0 spiro atoms. The maximum atomic E-state index is 5.97. The number of rotatable bonds is 1. The number of hydrogen-bond donors (Lipinski definition) is 2. The molecule has 2 aromatic carbocycles. The number of nitrogens with two attached hydrogens (primary N) is 1. The van der Waals surface area contributed by atoms with Crippen molar-refractivity contribution in [2.75, 3.05) is 5.32 Å². The lowest BCUT2D eigenvalue weighted by Crippen LogP contribution is -2.31. The van der Waals surface area contributed by atoms with Crippen molar-refractivity contribution in [3.05, 3.63) is 59.2 Å². The van der Waals surface area contributed by atoms with Crippen molar-refractivity contribution in [2.45, 2.75) is 20.0 Å². The molecule has 1 atom stereocenters. The van der Waals surface area contributed by atoms with Gasteiger partial charge in [0.1, 0.15) is 0 Å². The third-order valence-corrected chi connectivity index (χ3v) is 4.05. The number of anilines is 1. The van der Waals surface area contributed by atoms with Crippen molar-refractivity contribution in [1.82, 2.24) is 9.55 Å². The van der Waals surface area contributed by atoms with Gasteiger partial charge in [-0.25, -0.2) is 9.98 Å². The Hall–Kier alpha value is -2.82. The number of guanidine groups is 1. The molecule has 3 aromatic rings. The molecule has 5 heteroatoms. The van der Waals surface area contributed by atoms with E-state index in [0.717, 1.165) is 22.5 Å². The van der Waals surface area contributed by atoms with Crippen LogP contribution in [0.1, 0.15) is 22.9 Å². The summed E-state index contributed by atoms with van der Waals surface area (Å²) in [6.07, 6.45) is -0.191. The first-order valence-corrected chi connectivity index (χ1v) is 7.28. The molecule has 0 aliphatic carbocycles. The van der Waals surface area contributed by atoms with Gasteiger partial charge in [-0.1, -0.05) is 35.9 Å². The Bertz CT molecular complexity index is 907. The molecule has 3 N–H and O–H groups in total. The second kappa shape index (κ2) is 4.59. The number of benzene rings is 2. The van der Waals surface area contributed by atoms with E-state index < -0.39 is 0 Å². The largest absolute Gasteiger partial charge is 0.370 e. The van der Waals surface area contributed by atoms with Gasteiger partial charge in [-0.3, -0.25) is 9.88 Å². The first-order valence-electron chi connectivity index (χ1n) is 7.28. The van der Waals surface area contributed by atoms with E-state index in [0.29, 0.717) is 5.96 Å². The number of aromatic nitrogens is 2. The molecular weight excluding hydrogens is 274 g/mol. The summed E-state index contributed by atoms with van der Waals surface area (Å²) in [4.78, 5) is 9.25. The third kappa shape index (κ3) is 1.86. The summed E-state index contributed by atoms with van der Waals surface area (Å²) in [7, 11) is 0. The van der Waals surface area contributed by atoms with Crippen LogP contribution in [0.5, 0.6) is 0 Å². The standard InChI is InChI=1S/C17H17N5/c1-10-7-8-11(2)12(9-10)15-20-16(18)21-17-19-13-5-3-4-6-14(13)22(15)17/h3-9,15H,1-2H3,(H3,18,19,20,21). The van der Waals surface area contributed by atoms with Gasteiger partial charge < -0.3 is 5.73 Å². The fraction of sp³-hybridized carbons (Fsp3) is 0.176. The number of imidazole rings is 1. The normalized spacial score (nSPS) is 17.0. The van der Waals surface area contributed by atoms with Gasteiger partial charge >= 0.3 is 0 Å². The lowest BCUT2D eigenvalue weighted by Gasteiger charge is -2.25. The molecule has 5 nitrogen and oxygen atoms in total. The van der Waals surface area contributed by atoms with E-state index in [9.17, 15) is 0 Å². The van der Waals surface area contributed by atoms with E-state index in [1.165, 1.54) is 11.1 Å². The van der Waals surface area contributed by atoms with E-state index in [4.69, 9.17) is 5.73 Å². The van der Waals surface area contributed by atoms with Crippen LogP contribution < -0.4 is 11.1 Å². The Morgan fingerprint density at radius 3 is 2.82 bits per heavy atom. The number of aryl methyl sites for hydroxylation is 2. The zero-order valence-electron chi connectivity index (χ0n) is 12.5. The zero-order chi connectivity index (χ0) is 15.3. The van der Waals surface area contributed by atoms with Crippen LogP contribution in [-0.2, 0) is 0 Å². The lowest BCUT2D eigenvalue weighted by molar-refractivity contribution is 0.622. The summed E-state index contributed by atoms with van der Waals surface area (Å²) in [5.74, 6) is 1.13. The average Bonchev–Trinajstić information content (AvgIpc) is 2.87. The minimum Gasteiger partial charge on any atom is -0.370 e. The summed E-state index contributed by atoms with van der Waals surface area (Å²) < 4.78 is 2.10. The van der Waals surface area contributed by atoms with E-state index in [-0.39, 0.29) is 6.17 Å². The number of aliphatic imine (C=N–C) groups is 1. The Morgan fingerprint density at radius 2 is 1.95 bits per heavy atom. The van der Waals surface area contributed by atoms with Crippen molar-refractivity contribution in [3.8, 4) is 0 Å². The van der Waals surface area contributed by atoms with Crippen molar-refractivity contribution in [3.63, 3.8) is 0 Å². The lowest BCUT2D eigenvalue weighted by atomic mass is 10.0. The highest BCUT2D eigenvalue weighted by Gasteiger charge is 2.25. The first-order chi connectivity index (χ1) is 10.6. The van der Waals surface area contributed by atoms with Crippen molar-refractivity contribution >= 4 is 22.9 Å². The molecule has 0 bridgehead atoms. The molecule has 2 heterocycles. The molecule has 1 unspecified atom stereocenters. The van der Waals surface area contributed by atoms with Crippen LogP contribution >= 0.6 is 0 Å². The van der Waals surface area contributed by atoms with E-state index >= 15 is 0 Å². The molecule has 4 rings (SSSR count). The molecule has 110 valence electrons. The van der Waals surface area contributed by atoms with Crippen LogP contribution in [0.2, 0.25) is 0 Å². The van der Waals surface area contributed by atoms with Gasteiger partial charge in [0, 0.05) is 5.56 Å². The van der Waals surface area contributed by atoms with E-state index in [1.54, 1.807) is 0 Å². The van der Waals surface area contributed by atoms with Gasteiger partial charge in [-0.05, 0) is 31.5 Å². The van der Waals surface area contributed by atoms with Crippen molar-refractivity contribution < 1.29 is 0 Å². The second-order valence-corrected chi connectivity index (χ2v) is 5.67. The maximum absolute atomic E-state index is 5.97. The third-order valence-electron chi connectivity index (χ3n) is 4.05. The summed E-state index contributed by atoms with van der Waals surface area (Å²) >= 11 is 0. The number of nitrogens with zero attached hydrogens (tertiary/aromatic N) is 3.